The van der Waals surface area contributed by atoms with Gasteiger partial charge in [0.05, 0.1) is 5.69 Å². The van der Waals surface area contributed by atoms with Gasteiger partial charge in [0.2, 0.25) is 5.91 Å². The number of nitrogens with one attached hydrogen (secondary N) is 1. The van der Waals surface area contributed by atoms with Gasteiger partial charge in [0.25, 0.3) is 0 Å². The molecule has 2 rings (SSSR count). The third kappa shape index (κ3) is 1.87. The number of rotatable bonds is 4. The lowest BCUT2D eigenvalue weighted by Crippen LogP contribution is -2.36. The number of hydrogen-bond acceptors (Lipinski definition) is 3. The van der Waals surface area contributed by atoms with E-state index in [9.17, 15) is 9.59 Å². The highest BCUT2D eigenvalue weighted by molar-refractivity contribution is 6.04. The first-order valence-electron chi connectivity index (χ1n) is 5.89. The van der Waals surface area contributed by atoms with Crippen molar-refractivity contribution >= 4 is 11.9 Å². The van der Waals surface area contributed by atoms with Crippen molar-refractivity contribution in [2.75, 3.05) is 0 Å². The summed E-state index contributed by atoms with van der Waals surface area (Å²) in [6.07, 6.45) is 0.859. The molecule has 2 N–H and O–H groups in total. The molecule has 98 valence electrons. The van der Waals surface area contributed by atoms with Crippen LogP contribution in [0.25, 0.3) is 0 Å². The minimum absolute atomic E-state index is 0.333. The van der Waals surface area contributed by atoms with Crippen LogP contribution < -0.4 is 5.32 Å². The van der Waals surface area contributed by atoms with Crippen LogP contribution in [0.2, 0.25) is 0 Å². The number of nitrogens with zero attached hydrogens (tertiary/aromatic N) is 2. The number of aliphatic carboxylic acids is 1. The van der Waals surface area contributed by atoms with E-state index in [-0.39, 0.29) is 0 Å². The zero-order valence-electron chi connectivity index (χ0n) is 10.8. The normalized spacial score (nSPS) is 16.4. The highest BCUT2D eigenvalue weighted by Crippen LogP contribution is 2.46. The van der Waals surface area contributed by atoms with Crippen LogP contribution in [0.1, 0.15) is 29.8 Å². The number of aromatic nitrogens is 2. The molecule has 1 heterocycles. The number of carboxylic acids is 1. The third-order valence-corrected chi connectivity index (χ3v) is 3.68. The van der Waals surface area contributed by atoms with Gasteiger partial charge in [-0.15, -0.1) is 0 Å². The van der Waals surface area contributed by atoms with Gasteiger partial charge >= 0.3 is 5.97 Å². The lowest BCUT2D eigenvalue weighted by atomic mass is 10.1. The smallest absolute Gasteiger partial charge is 0.319 e. The Morgan fingerprint density at radius 2 is 2.06 bits per heavy atom. The minimum Gasteiger partial charge on any atom is -0.480 e. The molecule has 1 amide bonds. The summed E-state index contributed by atoms with van der Waals surface area (Å²) in [5.41, 5.74) is 1.61. The summed E-state index contributed by atoms with van der Waals surface area (Å²) in [6.45, 7) is 4.13. The van der Waals surface area contributed by atoms with E-state index in [1.54, 1.807) is 4.68 Å². The van der Waals surface area contributed by atoms with E-state index in [1.165, 1.54) is 0 Å². The van der Waals surface area contributed by atoms with Crippen LogP contribution in [-0.2, 0) is 23.2 Å². The first-order chi connectivity index (χ1) is 8.38. The summed E-state index contributed by atoms with van der Waals surface area (Å²) in [6, 6.07) is 0. The summed E-state index contributed by atoms with van der Waals surface area (Å²) in [7, 11) is 1.84. The summed E-state index contributed by atoms with van der Waals surface area (Å²) >= 11 is 0. The predicted octanol–water partition coefficient (Wildman–Crippen LogP) is 0.518. The summed E-state index contributed by atoms with van der Waals surface area (Å²) in [5.74, 6) is -1.42. The molecule has 0 aliphatic heterocycles. The van der Waals surface area contributed by atoms with E-state index in [0.29, 0.717) is 19.4 Å². The van der Waals surface area contributed by atoms with Gasteiger partial charge in [0, 0.05) is 24.8 Å². The fourth-order valence-corrected chi connectivity index (χ4v) is 2.07. The molecule has 0 bridgehead atoms. The highest BCUT2D eigenvalue weighted by atomic mass is 16.4. The van der Waals surface area contributed by atoms with E-state index in [2.05, 4.69) is 10.4 Å². The molecule has 0 aromatic carbocycles. The van der Waals surface area contributed by atoms with Gasteiger partial charge in [-0.1, -0.05) is 0 Å². The highest BCUT2D eigenvalue weighted by Gasteiger charge is 2.56. The molecule has 6 nitrogen and oxygen atoms in total. The summed E-state index contributed by atoms with van der Waals surface area (Å²) in [4.78, 5) is 22.8. The third-order valence-electron chi connectivity index (χ3n) is 3.68. The summed E-state index contributed by atoms with van der Waals surface area (Å²) in [5, 5.41) is 16.0. The molecule has 0 spiro atoms. The molecule has 18 heavy (non-hydrogen) atoms. The topological polar surface area (TPSA) is 84.2 Å². The van der Waals surface area contributed by atoms with Crippen LogP contribution in [0.5, 0.6) is 0 Å². The van der Waals surface area contributed by atoms with Gasteiger partial charge < -0.3 is 10.4 Å². The molecule has 1 aromatic heterocycles. The minimum atomic E-state index is -1.18. The van der Waals surface area contributed by atoms with E-state index < -0.39 is 17.3 Å². The van der Waals surface area contributed by atoms with E-state index in [0.717, 1.165) is 17.0 Å². The molecular formula is C12H17N3O3. The second-order valence-corrected chi connectivity index (χ2v) is 4.84. The molecule has 0 atom stereocenters. The molecule has 0 saturated heterocycles. The number of amides is 1. The zero-order valence-corrected chi connectivity index (χ0v) is 10.8. The van der Waals surface area contributed by atoms with Gasteiger partial charge in [0.15, 0.2) is 0 Å². The monoisotopic (exact) mass is 251 g/mol. The Kier molecular flexibility index (Phi) is 2.88. The molecular weight excluding hydrogens is 234 g/mol. The fraction of sp³-hybridized carbons (Fsp3) is 0.583. The van der Waals surface area contributed by atoms with Gasteiger partial charge in [-0.05, 0) is 26.7 Å². The lowest BCUT2D eigenvalue weighted by Gasteiger charge is -2.10. The number of hydrogen-bond donors (Lipinski definition) is 2. The average molecular weight is 251 g/mol. The molecule has 1 aromatic rings. The van der Waals surface area contributed by atoms with E-state index >= 15 is 0 Å². The Bertz CT molecular complexity index is 515. The van der Waals surface area contributed by atoms with Gasteiger partial charge in [-0.2, -0.15) is 5.10 Å². The predicted molar refractivity (Wildman–Crippen MR) is 63.8 cm³/mol. The van der Waals surface area contributed by atoms with E-state index in [4.69, 9.17) is 5.11 Å². The van der Waals surface area contributed by atoms with Crippen molar-refractivity contribution in [3.05, 3.63) is 17.0 Å². The molecule has 1 fully saturated rings. The van der Waals surface area contributed by atoms with Crippen molar-refractivity contribution in [2.24, 2.45) is 12.5 Å². The average Bonchev–Trinajstić information content (AvgIpc) is 3.05. The molecule has 1 saturated carbocycles. The molecule has 6 heteroatoms. The Balaban J connectivity index is 2.04. The van der Waals surface area contributed by atoms with Crippen LogP contribution in [0, 0.1) is 19.3 Å². The first-order valence-corrected chi connectivity index (χ1v) is 5.89. The van der Waals surface area contributed by atoms with Crippen molar-refractivity contribution in [3.8, 4) is 0 Å². The van der Waals surface area contributed by atoms with Crippen molar-refractivity contribution in [2.45, 2.75) is 33.2 Å². The molecule has 0 unspecified atom stereocenters. The Labute approximate surface area is 105 Å². The Morgan fingerprint density at radius 1 is 1.44 bits per heavy atom. The number of carbonyl (C=O) groups is 2. The van der Waals surface area contributed by atoms with Crippen LogP contribution in [0.15, 0.2) is 0 Å². The maximum absolute atomic E-state index is 11.9. The SMILES string of the molecule is Cc1nn(C)c(C)c1CNC(=O)C1(C(=O)O)CC1. The standard InChI is InChI=1S/C12H17N3O3/c1-7-9(8(2)15(3)14-7)6-13-10(16)12(4-5-12)11(17)18/h4-6H2,1-3H3,(H,13,16)(H,17,18). The van der Waals surface area contributed by atoms with Crippen molar-refractivity contribution in [1.29, 1.82) is 0 Å². The van der Waals surface area contributed by atoms with Crippen LogP contribution in [-0.4, -0.2) is 26.8 Å². The van der Waals surface area contributed by atoms with Crippen LogP contribution >= 0.6 is 0 Å². The summed E-state index contributed by atoms with van der Waals surface area (Å²) < 4.78 is 1.75. The maximum atomic E-state index is 11.9. The lowest BCUT2D eigenvalue weighted by molar-refractivity contribution is -0.149. The Morgan fingerprint density at radius 3 is 2.44 bits per heavy atom. The van der Waals surface area contributed by atoms with Crippen LogP contribution in [0.3, 0.4) is 0 Å². The number of carbonyl (C=O) groups excluding carboxylic acids is 1. The van der Waals surface area contributed by atoms with Gasteiger partial charge in [0.1, 0.15) is 5.41 Å². The second-order valence-electron chi connectivity index (χ2n) is 4.84. The van der Waals surface area contributed by atoms with Crippen LogP contribution in [0.4, 0.5) is 0 Å². The van der Waals surface area contributed by atoms with Gasteiger partial charge in [-0.25, -0.2) is 0 Å². The zero-order chi connectivity index (χ0) is 13.5. The molecule has 1 aliphatic rings. The van der Waals surface area contributed by atoms with E-state index in [1.807, 2.05) is 20.9 Å². The van der Waals surface area contributed by atoms with Crippen molar-refractivity contribution in [3.63, 3.8) is 0 Å². The second kappa shape index (κ2) is 4.12. The number of aryl methyl sites for hydroxylation is 2. The van der Waals surface area contributed by atoms with Gasteiger partial charge in [-0.3, -0.25) is 14.3 Å². The van der Waals surface area contributed by atoms with Crippen molar-refractivity contribution in [1.82, 2.24) is 15.1 Å². The van der Waals surface area contributed by atoms with Crippen molar-refractivity contribution < 1.29 is 14.7 Å². The molecule has 0 radical (unpaired) electrons. The Hall–Kier alpha value is -1.85. The first kappa shape index (κ1) is 12.6. The number of carboxylic acid groups (broad SMARTS) is 1. The quantitative estimate of drug-likeness (QED) is 0.764. The largest absolute Gasteiger partial charge is 0.480 e. The maximum Gasteiger partial charge on any atom is 0.319 e. The fourth-order valence-electron chi connectivity index (χ4n) is 2.07. The molecule has 1 aliphatic carbocycles.